The Balaban J connectivity index is 1.88. The van der Waals surface area contributed by atoms with Crippen molar-refractivity contribution in [3.8, 4) is 0 Å². The van der Waals surface area contributed by atoms with E-state index in [0.29, 0.717) is 24.4 Å². The van der Waals surface area contributed by atoms with Crippen molar-refractivity contribution in [2.75, 3.05) is 19.6 Å². The van der Waals surface area contributed by atoms with Gasteiger partial charge in [-0.15, -0.1) is 0 Å². The molecule has 6 heteroatoms. The van der Waals surface area contributed by atoms with Gasteiger partial charge in [0.05, 0.1) is 0 Å². The molecule has 33 heavy (non-hydrogen) atoms. The monoisotopic (exact) mass is 452 g/mol. The third kappa shape index (κ3) is 5.92. The van der Waals surface area contributed by atoms with Gasteiger partial charge in [0.15, 0.2) is 0 Å². The molecule has 1 saturated heterocycles. The van der Waals surface area contributed by atoms with Crippen molar-refractivity contribution in [3.63, 3.8) is 0 Å². The summed E-state index contributed by atoms with van der Waals surface area (Å²) in [4.78, 5) is 21.7. The molecule has 178 valence electrons. The Morgan fingerprint density at radius 1 is 1.27 bits per heavy atom. The van der Waals surface area contributed by atoms with Crippen molar-refractivity contribution < 1.29 is 9.18 Å². The number of nitrogens with zero attached hydrogens (tertiary/aromatic N) is 3. The summed E-state index contributed by atoms with van der Waals surface area (Å²) in [7, 11) is 0. The van der Waals surface area contributed by atoms with Crippen LogP contribution in [0.15, 0.2) is 59.0 Å². The molecule has 1 atom stereocenters. The Morgan fingerprint density at radius 3 is 2.64 bits per heavy atom. The third-order valence-corrected chi connectivity index (χ3v) is 6.03. The van der Waals surface area contributed by atoms with Gasteiger partial charge in [-0.25, -0.2) is 9.38 Å². The van der Waals surface area contributed by atoms with Crippen molar-refractivity contribution in [2.24, 2.45) is 10.4 Å². The molecule has 0 spiro atoms. The lowest BCUT2D eigenvalue weighted by Crippen LogP contribution is -2.54. The first-order valence-corrected chi connectivity index (χ1v) is 11.8. The molecule has 2 aliphatic heterocycles. The summed E-state index contributed by atoms with van der Waals surface area (Å²) in [5, 5.41) is 3.28. The second kappa shape index (κ2) is 10.4. The van der Waals surface area contributed by atoms with Gasteiger partial charge in [-0.3, -0.25) is 4.79 Å². The van der Waals surface area contributed by atoms with Gasteiger partial charge in [0.2, 0.25) is 5.91 Å². The molecule has 1 fully saturated rings. The van der Waals surface area contributed by atoms with Gasteiger partial charge in [-0.2, -0.15) is 0 Å². The predicted molar refractivity (Wildman–Crippen MR) is 134 cm³/mol. The number of amidine groups is 1. The molecule has 5 nitrogen and oxygen atoms in total. The molecule has 2 heterocycles. The quantitative estimate of drug-likeness (QED) is 0.656. The Morgan fingerprint density at radius 2 is 2.00 bits per heavy atom. The van der Waals surface area contributed by atoms with Gasteiger partial charge >= 0.3 is 0 Å². The standard InChI is InChI=1S/C27H37FN4O/c1-7-8-13-29-26-25(22(17-30-26)21-11-9-10-12-23(21)28)20(3)31-14-15-32(19(2)18-31)24(33)16-27(4,5)6/h8-13,17,19H,7,14-16,18H2,1-6H3,(H,29,30)/b13-8+,25-20+. The maximum atomic E-state index is 14.7. The van der Waals surface area contributed by atoms with Crippen LogP contribution in [0.1, 0.15) is 59.9 Å². The number of hydrogen-bond acceptors (Lipinski definition) is 4. The van der Waals surface area contributed by atoms with E-state index < -0.39 is 0 Å². The smallest absolute Gasteiger partial charge is 0.223 e. The maximum Gasteiger partial charge on any atom is 0.223 e. The number of allylic oxidation sites excluding steroid dienone is 2. The van der Waals surface area contributed by atoms with Crippen molar-refractivity contribution in [1.29, 1.82) is 0 Å². The highest BCUT2D eigenvalue weighted by molar-refractivity contribution is 6.16. The molecular formula is C27H37FN4O. The fourth-order valence-corrected chi connectivity index (χ4v) is 4.35. The second-order valence-electron chi connectivity index (χ2n) is 10.0. The number of nitrogens with one attached hydrogen (secondary N) is 1. The van der Waals surface area contributed by atoms with Crippen LogP contribution in [0, 0.1) is 11.2 Å². The van der Waals surface area contributed by atoms with Gasteiger partial charge in [-0.05, 0) is 37.9 Å². The minimum Gasteiger partial charge on any atom is -0.371 e. The van der Waals surface area contributed by atoms with Gasteiger partial charge < -0.3 is 15.1 Å². The molecule has 2 aliphatic rings. The van der Waals surface area contributed by atoms with Crippen LogP contribution in [0.5, 0.6) is 0 Å². The van der Waals surface area contributed by atoms with Crippen molar-refractivity contribution >= 4 is 17.3 Å². The highest BCUT2D eigenvalue weighted by Crippen LogP contribution is 2.34. The molecule has 0 radical (unpaired) electrons. The molecule has 1 amide bonds. The topological polar surface area (TPSA) is 47.9 Å². The summed E-state index contributed by atoms with van der Waals surface area (Å²) >= 11 is 0. The molecule has 1 aromatic rings. The number of piperazine rings is 1. The van der Waals surface area contributed by atoms with Crippen molar-refractivity contribution in [3.05, 3.63) is 65.4 Å². The number of rotatable bonds is 5. The van der Waals surface area contributed by atoms with E-state index in [1.807, 2.05) is 23.2 Å². The largest absolute Gasteiger partial charge is 0.371 e. The molecule has 1 unspecified atom stereocenters. The number of carbonyl (C=O) groups is 1. The third-order valence-electron chi connectivity index (χ3n) is 6.03. The van der Waals surface area contributed by atoms with E-state index in [1.165, 1.54) is 6.07 Å². The van der Waals surface area contributed by atoms with Crippen LogP contribution in [0.25, 0.3) is 5.57 Å². The average Bonchev–Trinajstić information content (AvgIpc) is 3.16. The van der Waals surface area contributed by atoms with E-state index in [9.17, 15) is 9.18 Å². The number of hydrogen-bond donors (Lipinski definition) is 1. The van der Waals surface area contributed by atoms with Crippen LogP contribution >= 0.6 is 0 Å². The molecular weight excluding hydrogens is 415 g/mol. The molecule has 0 bridgehead atoms. The highest BCUT2D eigenvalue weighted by atomic mass is 19.1. The summed E-state index contributed by atoms with van der Waals surface area (Å²) in [6, 6.07) is 6.91. The SMILES string of the molecule is CC/C=C/NC1=NC=C(c2ccccc2F)/C1=C(/C)N1CCN(C(=O)CC(C)(C)C)C(C)C1. The number of halogens is 1. The minimum atomic E-state index is -0.263. The number of carbonyl (C=O) groups excluding carboxylic acids is 1. The maximum absolute atomic E-state index is 14.7. The Hall–Kier alpha value is -2.89. The van der Waals surface area contributed by atoms with Gasteiger partial charge in [0.1, 0.15) is 11.7 Å². The van der Waals surface area contributed by atoms with Crippen LogP contribution in [0.4, 0.5) is 4.39 Å². The van der Waals surface area contributed by atoms with E-state index in [2.05, 4.69) is 56.8 Å². The first kappa shape index (κ1) is 24.7. The molecule has 0 aliphatic carbocycles. The van der Waals surface area contributed by atoms with Crippen molar-refractivity contribution in [2.45, 2.75) is 60.4 Å². The van der Waals surface area contributed by atoms with Crippen LogP contribution in [-0.2, 0) is 4.79 Å². The highest BCUT2D eigenvalue weighted by Gasteiger charge is 2.32. The summed E-state index contributed by atoms with van der Waals surface area (Å²) in [5.74, 6) is 0.663. The van der Waals surface area contributed by atoms with E-state index >= 15 is 0 Å². The minimum absolute atomic E-state index is 0.0296. The van der Waals surface area contributed by atoms with Gasteiger partial charge in [0.25, 0.3) is 0 Å². The summed E-state index contributed by atoms with van der Waals surface area (Å²) in [6.07, 6.45) is 7.11. The molecule has 1 N–H and O–H groups in total. The van der Waals surface area contributed by atoms with E-state index in [0.717, 1.165) is 36.4 Å². The molecule has 0 saturated carbocycles. The fourth-order valence-electron chi connectivity index (χ4n) is 4.35. The van der Waals surface area contributed by atoms with Crippen LogP contribution in [0.2, 0.25) is 0 Å². The molecule has 3 rings (SSSR count). The van der Waals surface area contributed by atoms with Crippen LogP contribution in [0.3, 0.4) is 0 Å². The van der Waals surface area contributed by atoms with E-state index in [1.54, 1.807) is 18.3 Å². The average molecular weight is 453 g/mol. The van der Waals surface area contributed by atoms with Crippen molar-refractivity contribution in [1.82, 2.24) is 15.1 Å². The number of benzene rings is 1. The van der Waals surface area contributed by atoms with Crippen LogP contribution < -0.4 is 5.32 Å². The Bertz CT molecular complexity index is 1000. The first-order chi connectivity index (χ1) is 15.6. The molecule has 0 aromatic heterocycles. The number of aliphatic imine (C=N–C) groups is 1. The lowest BCUT2D eigenvalue weighted by molar-refractivity contribution is -0.137. The van der Waals surface area contributed by atoms with Gasteiger partial charge in [-0.1, -0.05) is 52.0 Å². The lowest BCUT2D eigenvalue weighted by Gasteiger charge is -2.42. The zero-order valence-electron chi connectivity index (χ0n) is 20.8. The predicted octanol–water partition coefficient (Wildman–Crippen LogP) is 5.33. The van der Waals surface area contributed by atoms with Crippen LogP contribution in [-0.4, -0.2) is 47.2 Å². The van der Waals surface area contributed by atoms with E-state index in [-0.39, 0.29) is 23.2 Å². The second-order valence-corrected chi connectivity index (χ2v) is 10.0. The fraction of sp³-hybridized carbons (Fsp3) is 0.481. The first-order valence-electron chi connectivity index (χ1n) is 11.8. The zero-order valence-corrected chi connectivity index (χ0v) is 20.8. The van der Waals surface area contributed by atoms with E-state index in [4.69, 9.17) is 0 Å². The van der Waals surface area contributed by atoms with Gasteiger partial charge in [0, 0.05) is 60.7 Å². The summed E-state index contributed by atoms with van der Waals surface area (Å²) in [5.41, 5.74) is 3.23. The molecule has 1 aromatic carbocycles. The summed E-state index contributed by atoms with van der Waals surface area (Å²) in [6.45, 7) is 14.7. The summed E-state index contributed by atoms with van der Waals surface area (Å²) < 4.78 is 14.7. The Kier molecular flexibility index (Phi) is 7.77. The Labute approximate surface area is 197 Å². The normalized spacial score (nSPS) is 20.8. The number of amides is 1. The zero-order chi connectivity index (χ0) is 24.2. The lowest BCUT2D eigenvalue weighted by atomic mass is 9.91.